The second-order valence-electron chi connectivity index (χ2n) is 16.2. The van der Waals surface area contributed by atoms with Gasteiger partial charge in [0.15, 0.2) is 11.9 Å². The second-order valence-corrected chi connectivity index (χ2v) is 16.6. The molecule has 1 aromatic heterocycles. The summed E-state index contributed by atoms with van der Waals surface area (Å²) in [7, 11) is 0. The van der Waals surface area contributed by atoms with Crippen molar-refractivity contribution in [2.45, 2.75) is 98.1 Å². The van der Waals surface area contributed by atoms with Gasteiger partial charge in [-0.15, -0.1) is 0 Å². The summed E-state index contributed by atoms with van der Waals surface area (Å²) in [6, 6.07) is 17.0. The topological polar surface area (TPSA) is 195 Å². The molecule has 3 aromatic carbocycles. The van der Waals surface area contributed by atoms with Crippen molar-refractivity contribution < 1.29 is 48.0 Å². The Morgan fingerprint density at radius 1 is 0.776 bits per heavy atom. The van der Waals surface area contributed by atoms with E-state index in [0.29, 0.717) is 33.3 Å². The highest BCUT2D eigenvalue weighted by molar-refractivity contribution is 6.31. The van der Waals surface area contributed by atoms with Gasteiger partial charge in [0.25, 0.3) is 0 Å². The minimum atomic E-state index is -1.22. The van der Waals surface area contributed by atoms with Gasteiger partial charge in [-0.1, -0.05) is 35.9 Å². The quantitative estimate of drug-likeness (QED) is 0.105. The molecule has 16 heteroatoms. The van der Waals surface area contributed by atoms with E-state index in [9.17, 15) is 29.1 Å². The zero-order valence-electron chi connectivity index (χ0n) is 34.0. The number of hydrogen-bond donors (Lipinski definition) is 4. The Labute approximate surface area is 342 Å². The lowest BCUT2D eigenvalue weighted by atomic mass is 10.0. The first kappa shape index (κ1) is 44.6. The number of ether oxygens (including phenoxy) is 4. The molecular weight excluding hydrogens is 770 g/mol. The minimum absolute atomic E-state index is 0.0153. The molecule has 0 saturated heterocycles. The third kappa shape index (κ3) is 13.5. The van der Waals surface area contributed by atoms with Gasteiger partial charge in [0.05, 0.1) is 6.61 Å². The molecule has 4 N–H and O–H groups in total. The molecule has 4 amide bonds. The fourth-order valence-electron chi connectivity index (χ4n) is 5.35. The Kier molecular flexibility index (Phi) is 14.2. The van der Waals surface area contributed by atoms with E-state index in [-0.39, 0.29) is 30.4 Å². The predicted molar refractivity (Wildman–Crippen MR) is 220 cm³/mol. The van der Waals surface area contributed by atoms with Gasteiger partial charge in [-0.05, 0) is 127 Å². The number of imide groups is 1. The van der Waals surface area contributed by atoms with E-state index in [0.717, 1.165) is 10.5 Å². The molecule has 1 heterocycles. The SMILES string of the molecule is CC(C)(C)OC(=O)NCc1cccc(NC(=O)OCCc2ccc(C(Nc3ccc4c(N(C(=O)OC(C)(C)C)C(=O)OC(C)(C)C)nccc4c3)C(=O)O)cc2Cl)c1. The van der Waals surface area contributed by atoms with Crippen LogP contribution >= 0.6 is 11.6 Å². The number of aliphatic carboxylic acids is 1. The summed E-state index contributed by atoms with van der Waals surface area (Å²) in [5.41, 5.74) is 0.140. The van der Waals surface area contributed by atoms with Gasteiger partial charge in [0.2, 0.25) is 0 Å². The highest BCUT2D eigenvalue weighted by Gasteiger charge is 2.34. The van der Waals surface area contributed by atoms with E-state index in [1.165, 1.54) is 12.3 Å². The van der Waals surface area contributed by atoms with Gasteiger partial charge in [0, 0.05) is 40.9 Å². The Bertz CT molecular complexity index is 2130. The van der Waals surface area contributed by atoms with Crippen LogP contribution in [-0.2, 0) is 36.7 Å². The number of carboxylic acids is 1. The van der Waals surface area contributed by atoms with Crippen LogP contribution < -0.4 is 20.9 Å². The molecule has 1 atom stereocenters. The summed E-state index contributed by atoms with van der Waals surface area (Å²) >= 11 is 6.58. The molecular formula is C42H50ClN5O10. The van der Waals surface area contributed by atoms with Gasteiger partial charge < -0.3 is 34.7 Å². The fourth-order valence-corrected chi connectivity index (χ4v) is 5.63. The fraction of sp³-hybridized carbons (Fsp3) is 0.381. The van der Waals surface area contributed by atoms with E-state index in [2.05, 4.69) is 20.9 Å². The average molecular weight is 820 g/mol. The largest absolute Gasteiger partial charge is 0.479 e. The van der Waals surface area contributed by atoms with E-state index in [4.69, 9.17) is 30.5 Å². The Hall–Kier alpha value is -6.09. The summed E-state index contributed by atoms with van der Waals surface area (Å²) in [5.74, 6) is -1.20. The average Bonchev–Trinajstić information content (AvgIpc) is 3.08. The number of pyridine rings is 1. The van der Waals surface area contributed by atoms with Crippen LogP contribution in [0.1, 0.15) is 85.0 Å². The van der Waals surface area contributed by atoms with Crippen molar-refractivity contribution in [2.75, 3.05) is 22.1 Å². The van der Waals surface area contributed by atoms with Crippen molar-refractivity contribution in [3.8, 4) is 0 Å². The van der Waals surface area contributed by atoms with Crippen LogP contribution in [0.25, 0.3) is 10.8 Å². The number of carbonyl (C=O) groups excluding carboxylic acids is 4. The smallest absolute Gasteiger partial charge is 0.425 e. The van der Waals surface area contributed by atoms with Crippen molar-refractivity contribution in [1.29, 1.82) is 0 Å². The molecule has 0 aliphatic heterocycles. The Morgan fingerprint density at radius 3 is 2.03 bits per heavy atom. The number of benzene rings is 3. The number of carboxylic acid groups (broad SMARTS) is 1. The lowest BCUT2D eigenvalue weighted by Crippen LogP contribution is -2.44. The third-order valence-electron chi connectivity index (χ3n) is 7.69. The maximum atomic E-state index is 13.3. The van der Waals surface area contributed by atoms with E-state index in [1.807, 2.05) is 0 Å². The first-order chi connectivity index (χ1) is 27.0. The predicted octanol–water partition coefficient (Wildman–Crippen LogP) is 9.62. The number of amides is 4. The van der Waals surface area contributed by atoms with Gasteiger partial charge >= 0.3 is 30.3 Å². The molecule has 4 rings (SSSR count). The molecule has 1 unspecified atom stereocenters. The Balaban J connectivity index is 1.42. The number of rotatable bonds is 11. The summed E-state index contributed by atoms with van der Waals surface area (Å²) < 4.78 is 21.6. The van der Waals surface area contributed by atoms with Gasteiger partial charge in [-0.2, -0.15) is 4.90 Å². The van der Waals surface area contributed by atoms with Crippen LogP contribution in [-0.4, -0.2) is 63.8 Å². The molecule has 4 aromatic rings. The van der Waals surface area contributed by atoms with Gasteiger partial charge in [-0.3, -0.25) is 5.32 Å². The number of nitrogens with zero attached hydrogens (tertiary/aromatic N) is 2. The molecule has 0 spiro atoms. The molecule has 58 heavy (non-hydrogen) atoms. The number of anilines is 3. The van der Waals surface area contributed by atoms with Crippen LogP contribution in [0.2, 0.25) is 5.02 Å². The van der Waals surface area contributed by atoms with E-state index < -0.39 is 53.2 Å². The summed E-state index contributed by atoms with van der Waals surface area (Å²) in [5, 5.41) is 19.8. The molecule has 0 bridgehead atoms. The molecule has 0 aliphatic carbocycles. The van der Waals surface area contributed by atoms with E-state index >= 15 is 0 Å². The number of carbonyl (C=O) groups is 5. The van der Waals surface area contributed by atoms with Crippen molar-refractivity contribution in [3.63, 3.8) is 0 Å². The summed E-state index contributed by atoms with van der Waals surface area (Å²) in [6.07, 6.45) is -1.53. The number of alkyl carbamates (subject to hydrolysis) is 1. The number of halogens is 1. The molecule has 0 saturated carbocycles. The Morgan fingerprint density at radius 2 is 1.43 bits per heavy atom. The summed E-state index contributed by atoms with van der Waals surface area (Å²) in [6.45, 7) is 15.5. The molecule has 0 radical (unpaired) electrons. The second kappa shape index (κ2) is 18.4. The van der Waals surface area contributed by atoms with Gasteiger partial charge in [0.1, 0.15) is 16.8 Å². The molecule has 0 fully saturated rings. The van der Waals surface area contributed by atoms with Gasteiger partial charge in [-0.25, -0.2) is 29.0 Å². The molecule has 0 aliphatic rings. The van der Waals surface area contributed by atoms with Crippen molar-refractivity contribution in [2.24, 2.45) is 0 Å². The third-order valence-corrected chi connectivity index (χ3v) is 8.04. The standard InChI is InChI=1S/C42H50ClN5O10/c1-40(2,3)56-36(51)45-24-25-11-10-12-29(21-25)47-37(52)55-20-18-26-13-14-28(23-32(26)43)33(35(49)50)46-30-15-16-31-27(22-30)17-19-44-34(31)48(38(53)57-41(4,5)6)39(54)58-42(7,8)9/h10-17,19,21-23,33,46H,18,20,24H2,1-9H3,(H,45,51)(H,47,52)(H,49,50). The zero-order chi connectivity index (χ0) is 43.0. The van der Waals surface area contributed by atoms with Crippen LogP contribution in [0.4, 0.5) is 36.4 Å². The van der Waals surface area contributed by atoms with Crippen LogP contribution in [0, 0.1) is 0 Å². The first-order valence-corrected chi connectivity index (χ1v) is 18.8. The number of hydrogen-bond acceptors (Lipinski definition) is 11. The molecule has 15 nitrogen and oxygen atoms in total. The maximum absolute atomic E-state index is 13.3. The van der Waals surface area contributed by atoms with Crippen molar-refractivity contribution in [3.05, 3.63) is 94.6 Å². The lowest BCUT2D eigenvalue weighted by Gasteiger charge is -2.28. The van der Waals surface area contributed by atoms with E-state index in [1.54, 1.807) is 123 Å². The van der Waals surface area contributed by atoms with Crippen LogP contribution in [0.3, 0.4) is 0 Å². The first-order valence-electron chi connectivity index (χ1n) is 18.4. The van der Waals surface area contributed by atoms with Crippen molar-refractivity contribution >= 4 is 69.9 Å². The number of aromatic nitrogens is 1. The van der Waals surface area contributed by atoms with Crippen LogP contribution in [0.15, 0.2) is 72.9 Å². The summed E-state index contributed by atoms with van der Waals surface area (Å²) in [4.78, 5) is 68.6. The van der Waals surface area contributed by atoms with Crippen LogP contribution in [0.5, 0.6) is 0 Å². The van der Waals surface area contributed by atoms with Crippen molar-refractivity contribution in [1.82, 2.24) is 10.3 Å². The lowest BCUT2D eigenvalue weighted by molar-refractivity contribution is -0.138. The highest BCUT2D eigenvalue weighted by atomic mass is 35.5. The minimum Gasteiger partial charge on any atom is -0.479 e. The monoisotopic (exact) mass is 819 g/mol. The zero-order valence-corrected chi connectivity index (χ0v) is 34.8. The maximum Gasteiger partial charge on any atom is 0.425 e. The number of nitrogens with one attached hydrogen (secondary N) is 3. The number of fused-ring (bicyclic) bond motifs is 1. The normalized spacial score (nSPS) is 12.2. The highest BCUT2D eigenvalue weighted by Crippen LogP contribution is 2.32. The molecule has 310 valence electrons.